The highest BCUT2D eigenvalue weighted by atomic mass is 15.6. The molecule has 1 aliphatic heterocycles. The fraction of sp³-hybridized carbons (Fsp3) is 0.875. The van der Waals surface area contributed by atoms with Crippen molar-refractivity contribution in [1.82, 2.24) is 20.2 Å². The molecule has 1 aromatic heterocycles. The van der Waals surface area contributed by atoms with E-state index in [1.54, 1.807) is 4.68 Å². The van der Waals surface area contributed by atoms with Crippen LogP contribution in [0.1, 0.15) is 12.8 Å². The van der Waals surface area contributed by atoms with E-state index in [1.165, 1.54) is 0 Å². The van der Waals surface area contributed by atoms with Gasteiger partial charge < -0.3 is 10.6 Å². The summed E-state index contributed by atoms with van der Waals surface area (Å²) in [6.07, 6.45) is 2.28. The van der Waals surface area contributed by atoms with Crippen molar-refractivity contribution in [3.8, 4) is 0 Å². The Bertz CT molecular complexity index is 288. The van der Waals surface area contributed by atoms with Crippen molar-refractivity contribution in [3.63, 3.8) is 0 Å². The number of nitrogens with zero attached hydrogens (tertiary/aromatic N) is 5. The highest BCUT2D eigenvalue weighted by Crippen LogP contribution is 2.19. The van der Waals surface area contributed by atoms with Gasteiger partial charge in [0.2, 0.25) is 5.95 Å². The summed E-state index contributed by atoms with van der Waals surface area (Å²) in [7, 11) is 1.87. The fourth-order valence-electron chi connectivity index (χ4n) is 1.86. The monoisotopic (exact) mass is 196 g/mol. The van der Waals surface area contributed by atoms with Gasteiger partial charge in [0.15, 0.2) is 0 Å². The molecule has 1 saturated heterocycles. The van der Waals surface area contributed by atoms with Crippen LogP contribution in [-0.4, -0.2) is 39.8 Å². The van der Waals surface area contributed by atoms with Gasteiger partial charge >= 0.3 is 0 Å². The van der Waals surface area contributed by atoms with E-state index in [4.69, 9.17) is 5.73 Å². The highest BCUT2D eigenvalue weighted by molar-refractivity contribution is 5.28. The summed E-state index contributed by atoms with van der Waals surface area (Å²) in [4.78, 5) is 2.21. The molecule has 1 aromatic rings. The molecule has 2 heterocycles. The predicted molar refractivity (Wildman–Crippen MR) is 52.8 cm³/mol. The van der Waals surface area contributed by atoms with E-state index in [0.717, 1.165) is 38.4 Å². The summed E-state index contributed by atoms with van der Waals surface area (Å²) >= 11 is 0. The number of anilines is 1. The molecule has 0 bridgehead atoms. The lowest BCUT2D eigenvalue weighted by Crippen LogP contribution is -2.37. The first kappa shape index (κ1) is 9.39. The second-order valence-corrected chi connectivity index (χ2v) is 3.77. The van der Waals surface area contributed by atoms with Crippen molar-refractivity contribution in [2.75, 3.05) is 24.5 Å². The maximum Gasteiger partial charge on any atom is 0.245 e. The first-order chi connectivity index (χ1) is 6.81. The van der Waals surface area contributed by atoms with Gasteiger partial charge in [-0.1, -0.05) is 5.10 Å². The summed E-state index contributed by atoms with van der Waals surface area (Å²) in [5, 5.41) is 11.4. The van der Waals surface area contributed by atoms with Crippen LogP contribution in [0.15, 0.2) is 0 Å². The molecule has 1 fully saturated rings. The van der Waals surface area contributed by atoms with Gasteiger partial charge in [-0.3, -0.25) is 0 Å². The van der Waals surface area contributed by atoms with Gasteiger partial charge in [-0.25, -0.2) is 4.68 Å². The first-order valence-electron chi connectivity index (χ1n) is 4.98. The fourth-order valence-corrected chi connectivity index (χ4v) is 1.86. The van der Waals surface area contributed by atoms with Crippen molar-refractivity contribution in [3.05, 3.63) is 0 Å². The topological polar surface area (TPSA) is 72.9 Å². The first-order valence-corrected chi connectivity index (χ1v) is 4.98. The Labute approximate surface area is 83.1 Å². The van der Waals surface area contributed by atoms with Crippen molar-refractivity contribution < 1.29 is 0 Å². The van der Waals surface area contributed by atoms with Gasteiger partial charge in [0.25, 0.3) is 0 Å². The van der Waals surface area contributed by atoms with Crippen LogP contribution >= 0.6 is 0 Å². The largest absolute Gasteiger partial charge is 0.340 e. The van der Waals surface area contributed by atoms with Crippen LogP contribution in [0.5, 0.6) is 0 Å². The zero-order valence-corrected chi connectivity index (χ0v) is 8.43. The van der Waals surface area contributed by atoms with E-state index < -0.39 is 0 Å². The molecular formula is C8H16N6. The lowest BCUT2D eigenvalue weighted by Gasteiger charge is -2.31. The van der Waals surface area contributed by atoms with E-state index in [9.17, 15) is 0 Å². The Morgan fingerprint density at radius 1 is 1.43 bits per heavy atom. The number of tetrazole rings is 1. The number of nitrogens with two attached hydrogens (primary N) is 1. The Morgan fingerprint density at radius 2 is 2.14 bits per heavy atom. The number of aryl methyl sites for hydroxylation is 1. The molecule has 14 heavy (non-hydrogen) atoms. The summed E-state index contributed by atoms with van der Waals surface area (Å²) in [5.41, 5.74) is 5.63. The van der Waals surface area contributed by atoms with Crippen molar-refractivity contribution >= 4 is 5.95 Å². The van der Waals surface area contributed by atoms with Gasteiger partial charge in [0, 0.05) is 20.1 Å². The van der Waals surface area contributed by atoms with Gasteiger partial charge in [0.05, 0.1) is 0 Å². The van der Waals surface area contributed by atoms with E-state index >= 15 is 0 Å². The van der Waals surface area contributed by atoms with Gasteiger partial charge in [-0.2, -0.15) is 0 Å². The second kappa shape index (κ2) is 3.91. The zero-order valence-electron chi connectivity index (χ0n) is 8.43. The van der Waals surface area contributed by atoms with Gasteiger partial charge in [-0.05, 0) is 35.7 Å². The molecule has 0 amide bonds. The molecule has 2 N–H and O–H groups in total. The minimum Gasteiger partial charge on any atom is -0.340 e. The molecule has 6 nitrogen and oxygen atoms in total. The van der Waals surface area contributed by atoms with Crippen LogP contribution in [0.3, 0.4) is 0 Å². The molecular weight excluding hydrogens is 180 g/mol. The van der Waals surface area contributed by atoms with Gasteiger partial charge in [-0.15, -0.1) is 0 Å². The molecule has 0 atom stereocenters. The lowest BCUT2D eigenvalue weighted by atomic mass is 9.97. The smallest absolute Gasteiger partial charge is 0.245 e. The summed E-state index contributed by atoms with van der Waals surface area (Å²) in [6.45, 7) is 2.82. The van der Waals surface area contributed by atoms with Crippen LogP contribution in [0.25, 0.3) is 0 Å². The van der Waals surface area contributed by atoms with E-state index in [0.29, 0.717) is 5.92 Å². The zero-order chi connectivity index (χ0) is 9.97. The Morgan fingerprint density at radius 3 is 2.64 bits per heavy atom. The Balaban J connectivity index is 1.99. The Hall–Kier alpha value is -1.17. The number of hydrogen-bond donors (Lipinski definition) is 1. The molecule has 0 saturated carbocycles. The quantitative estimate of drug-likeness (QED) is 0.683. The van der Waals surface area contributed by atoms with Crippen LogP contribution < -0.4 is 10.6 Å². The number of rotatable bonds is 2. The predicted octanol–water partition coefficient (Wildman–Crippen LogP) is -0.615. The van der Waals surface area contributed by atoms with Crippen molar-refractivity contribution in [2.45, 2.75) is 12.8 Å². The second-order valence-electron chi connectivity index (χ2n) is 3.77. The molecule has 2 rings (SSSR count). The third kappa shape index (κ3) is 1.70. The molecule has 0 spiro atoms. The minimum atomic E-state index is 0.674. The van der Waals surface area contributed by atoms with Gasteiger partial charge in [0.1, 0.15) is 0 Å². The third-order valence-corrected chi connectivity index (χ3v) is 2.83. The third-order valence-electron chi connectivity index (χ3n) is 2.83. The van der Waals surface area contributed by atoms with Crippen molar-refractivity contribution in [1.29, 1.82) is 0 Å². The van der Waals surface area contributed by atoms with Crippen LogP contribution in [0.2, 0.25) is 0 Å². The Kier molecular flexibility index (Phi) is 2.62. The van der Waals surface area contributed by atoms with Crippen LogP contribution in [-0.2, 0) is 7.05 Å². The average Bonchev–Trinajstić information content (AvgIpc) is 2.65. The average molecular weight is 196 g/mol. The number of hydrogen-bond acceptors (Lipinski definition) is 5. The highest BCUT2D eigenvalue weighted by Gasteiger charge is 2.21. The molecule has 0 unspecified atom stereocenters. The number of piperidine rings is 1. The molecule has 1 aliphatic rings. The SMILES string of the molecule is Cn1nnnc1N1CCC(CN)CC1. The molecule has 6 heteroatoms. The molecule has 78 valence electrons. The lowest BCUT2D eigenvalue weighted by molar-refractivity contribution is 0.408. The molecule has 0 aliphatic carbocycles. The van der Waals surface area contributed by atoms with E-state index in [1.807, 2.05) is 7.05 Å². The van der Waals surface area contributed by atoms with Crippen LogP contribution in [0.4, 0.5) is 5.95 Å². The standard InChI is InChI=1S/C8H16N6/c1-13-8(10-11-12-13)14-4-2-7(6-9)3-5-14/h7H,2-6,9H2,1H3. The number of aromatic nitrogens is 4. The molecule has 0 aromatic carbocycles. The van der Waals surface area contributed by atoms with E-state index in [-0.39, 0.29) is 0 Å². The van der Waals surface area contributed by atoms with Crippen molar-refractivity contribution in [2.24, 2.45) is 18.7 Å². The molecule has 0 radical (unpaired) electrons. The summed E-state index contributed by atoms with van der Waals surface area (Å²) in [5.74, 6) is 1.54. The maximum atomic E-state index is 5.63. The summed E-state index contributed by atoms with van der Waals surface area (Å²) < 4.78 is 1.71. The van der Waals surface area contributed by atoms with E-state index in [2.05, 4.69) is 20.4 Å². The maximum absolute atomic E-state index is 5.63. The minimum absolute atomic E-state index is 0.674. The van der Waals surface area contributed by atoms with Crippen LogP contribution in [0, 0.1) is 5.92 Å². The summed E-state index contributed by atoms with van der Waals surface area (Å²) in [6, 6.07) is 0. The normalized spacial score (nSPS) is 18.9.